The highest BCUT2D eigenvalue weighted by atomic mass is 16.2. The Morgan fingerprint density at radius 1 is 1.12 bits per heavy atom. The Balaban J connectivity index is 1.61. The molecule has 2 atom stereocenters. The van der Waals surface area contributed by atoms with Crippen molar-refractivity contribution in [3.05, 3.63) is 51.9 Å². The fraction of sp³-hybridized carbons (Fsp3) is 0.474. The summed E-state index contributed by atoms with van der Waals surface area (Å²) in [4.78, 5) is 27.2. The van der Waals surface area contributed by atoms with Crippen LogP contribution in [0.5, 0.6) is 0 Å². The molecule has 1 aromatic heterocycles. The summed E-state index contributed by atoms with van der Waals surface area (Å²) >= 11 is 0. The molecule has 1 aliphatic carbocycles. The van der Waals surface area contributed by atoms with Crippen molar-refractivity contribution in [1.82, 2.24) is 14.7 Å². The Hall–Kier alpha value is -2.30. The minimum absolute atomic E-state index is 0.0349. The number of fused-ring (bicyclic) bond motifs is 1. The molecule has 0 spiro atoms. The van der Waals surface area contributed by atoms with E-state index in [9.17, 15) is 9.59 Å². The molecule has 0 bridgehead atoms. The van der Waals surface area contributed by atoms with E-state index in [1.54, 1.807) is 0 Å². The van der Waals surface area contributed by atoms with Crippen LogP contribution in [0.25, 0.3) is 5.69 Å². The molecule has 1 N–H and O–H groups in total. The Morgan fingerprint density at radius 3 is 2.67 bits per heavy atom. The zero-order valence-corrected chi connectivity index (χ0v) is 14.0. The fourth-order valence-electron chi connectivity index (χ4n) is 4.20. The minimum atomic E-state index is -0.193. The molecule has 126 valence electrons. The van der Waals surface area contributed by atoms with Gasteiger partial charge in [0.1, 0.15) is 5.69 Å². The van der Waals surface area contributed by atoms with Crippen LogP contribution in [-0.4, -0.2) is 33.2 Å². The predicted molar refractivity (Wildman–Crippen MR) is 92.5 cm³/mol. The first-order valence-electron chi connectivity index (χ1n) is 8.83. The highest BCUT2D eigenvalue weighted by molar-refractivity contribution is 5.92. The molecule has 0 radical (unpaired) electrons. The quantitative estimate of drug-likeness (QED) is 0.923. The third kappa shape index (κ3) is 2.58. The number of H-pyrrole nitrogens is 1. The summed E-state index contributed by atoms with van der Waals surface area (Å²) in [5.41, 5.74) is 2.09. The van der Waals surface area contributed by atoms with Crippen molar-refractivity contribution in [3.63, 3.8) is 0 Å². The van der Waals surface area contributed by atoms with Crippen molar-refractivity contribution in [2.75, 3.05) is 6.54 Å². The van der Waals surface area contributed by atoms with Crippen LogP contribution in [0.2, 0.25) is 0 Å². The van der Waals surface area contributed by atoms with Gasteiger partial charge < -0.3 is 4.90 Å². The van der Waals surface area contributed by atoms with E-state index < -0.39 is 0 Å². The molecule has 24 heavy (non-hydrogen) atoms. The Morgan fingerprint density at radius 2 is 1.88 bits per heavy atom. The predicted octanol–water partition coefficient (Wildman–Crippen LogP) is 2.88. The van der Waals surface area contributed by atoms with E-state index in [0.29, 0.717) is 17.7 Å². The van der Waals surface area contributed by atoms with Crippen LogP contribution in [0.15, 0.2) is 35.1 Å². The third-order valence-corrected chi connectivity index (χ3v) is 5.51. The maximum Gasteiger partial charge on any atom is 0.272 e. The van der Waals surface area contributed by atoms with Gasteiger partial charge in [-0.25, -0.2) is 4.68 Å². The highest BCUT2D eigenvalue weighted by Crippen LogP contribution is 2.36. The topological polar surface area (TPSA) is 58.1 Å². The fourth-order valence-corrected chi connectivity index (χ4v) is 4.20. The van der Waals surface area contributed by atoms with Crippen LogP contribution in [0.1, 0.15) is 48.2 Å². The Labute approximate surface area is 141 Å². The third-order valence-electron chi connectivity index (χ3n) is 5.51. The first-order chi connectivity index (χ1) is 11.6. The summed E-state index contributed by atoms with van der Waals surface area (Å²) in [6, 6.07) is 9.47. The molecule has 1 saturated heterocycles. The van der Waals surface area contributed by atoms with Crippen molar-refractivity contribution in [2.45, 2.75) is 45.1 Å². The van der Waals surface area contributed by atoms with Crippen LogP contribution in [0, 0.1) is 12.8 Å². The first kappa shape index (κ1) is 15.2. The molecule has 1 saturated carbocycles. The number of carbonyl (C=O) groups is 1. The van der Waals surface area contributed by atoms with Gasteiger partial charge in [-0.1, -0.05) is 30.5 Å². The number of aromatic nitrogens is 2. The second-order valence-corrected chi connectivity index (χ2v) is 7.08. The average molecular weight is 325 g/mol. The number of rotatable bonds is 2. The number of hydrogen-bond acceptors (Lipinski definition) is 2. The van der Waals surface area contributed by atoms with Crippen LogP contribution in [0.4, 0.5) is 0 Å². The van der Waals surface area contributed by atoms with Gasteiger partial charge in [0.15, 0.2) is 0 Å². The van der Waals surface area contributed by atoms with Crippen molar-refractivity contribution < 1.29 is 4.79 Å². The summed E-state index contributed by atoms with van der Waals surface area (Å²) in [6.45, 7) is 2.82. The van der Waals surface area contributed by atoms with Crippen LogP contribution in [0.3, 0.4) is 0 Å². The summed E-state index contributed by atoms with van der Waals surface area (Å²) in [5, 5.41) is 3.00. The van der Waals surface area contributed by atoms with Gasteiger partial charge in [-0.15, -0.1) is 0 Å². The van der Waals surface area contributed by atoms with E-state index in [1.807, 2.05) is 36.1 Å². The molecule has 2 fully saturated rings. The molecule has 4 rings (SSSR count). The van der Waals surface area contributed by atoms with Gasteiger partial charge >= 0.3 is 0 Å². The number of hydrogen-bond donors (Lipinski definition) is 1. The van der Waals surface area contributed by atoms with Gasteiger partial charge in [-0.3, -0.25) is 14.7 Å². The van der Waals surface area contributed by atoms with E-state index in [1.165, 1.54) is 30.0 Å². The smallest absolute Gasteiger partial charge is 0.272 e. The second kappa shape index (κ2) is 5.96. The van der Waals surface area contributed by atoms with Crippen molar-refractivity contribution in [3.8, 4) is 5.69 Å². The lowest BCUT2D eigenvalue weighted by Crippen LogP contribution is -2.39. The lowest BCUT2D eigenvalue weighted by molar-refractivity contribution is 0.0683. The van der Waals surface area contributed by atoms with Crippen molar-refractivity contribution in [2.24, 2.45) is 5.92 Å². The number of benzene rings is 1. The zero-order valence-electron chi connectivity index (χ0n) is 14.0. The molecule has 2 heterocycles. The maximum atomic E-state index is 12.9. The summed E-state index contributed by atoms with van der Waals surface area (Å²) < 4.78 is 1.45. The van der Waals surface area contributed by atoms with E-state index >= 15 is 0 Å². The monoisotopic (exact) mass is 325 g/mol. The van der Waals surface area contributed by atoms with E-state index in [0.717, 1.165) is 30.6 Å². The molecular formula is C19H23N3O2. The zero-order chi connectivity index (χ0) is 16.7. The number of carbonyl (C=O) groups excluding carboxylic acids is 1. The first-order valence-corrected chi connectivity index (χ1v) is 8.83. The number of likely N-dealkylation sites (tertiary alicyclic amines) is 1. The molecule has 0 unspecified atom stereocenters. The van der Waals surface area contributed by atoms with E-state index in [2.05, 4.69) is 5.10 Å². The van der Waals surface area contributed by atoms with Gasteiger partial charge in [0.05, 0.1) is 5.69 Å². The van der Waals surface area contributed by atoms with Crippen LogP contribution >= 0.6 is 0 Å². The van der Waals surface area contributed by atoms with Crippen molar-refractivity contribution >= 4 is 5.91 Å². The number of nitrogens with one attached hydrogen (secondary N) is 1. The lowest BCUT2D eigenvalue weighted by atomic mass is 9.85. The number of nitrogens with zero attached hydrogens (tertiary/aromatic N) is 2. The van der Waals surface area contributed by atoms with Gasteiger partial charge in [0, 0.05) is 18.7 Å². The molecule has 5 nitrogen and oxygen atoms in total. The normalized spacial score (nSPS) is 23.3. The van der Waals surface area contributed by atoms with Crippen molar-refractivity contribution in [1.29, 1.82) is 0 Å². The molecule has 1 amide bonds. The summed E-state index contributed by atoms with van der Waals surface area (Å²) in [7, 11) is 0. The second-order valence-electron chi connectivity index (χ2n) is 7.08. The summed E-state index contributed by atoms with van der Waals surface area (Å²) in [6.07, 6.45) is 5.91. The van der Waals surface area contributed by atoms with E-state index in [4.69, 9.17) is 0 Å². The van der Waals surface area contributed by atoms with Gasteiger partial charge in [-0.2, -0.15) is 0 Å². The summed E-state index contributed by atoms with van der Waals surface area (Å²) in [5.74, 6) is 0.612. The largest absolute Gasteiger partial charge is 0.334 e. The lowest BCUT2D eigenvalue weighted by Gasteiger charge is -2.31. The average Bonchev–Trinajstić information content (AvgIpc) is 3.19. The number of amides is 1. The van der Waals surface area contributed by atoms with Crippen LogP contribution in [-0.2, 0) is 0 Å². The highest BCUT2D eigenvalue weighted by Gasteiger charge is 2.38. The molecule has 2 aliphatic rings. The SMILES string of the molecule is Cc1ccc(-n2[nH]c(C(=O)N3CC[C@@H]4CCCC[C@H]43)cc2=O)cc1. The standard InChI is InChI=1S/C19H23N3O2/c1-13-6-8-15(9-7-13)22-18(23)12-16(20-22)19(24)21-11-10-14-4-2-3-5-17(14)21/h6-9,12,14,17,20H,2-5,10-11H2,1H3/t14-,17+/m0/s1. The Bertz CT molecular complexity index is 803. The molecule has 2 aromatic rings. The van der Waals surface area contributed by atoms with E-state index in [-0.39, 0.29) is 11.5 Å². The maximum absolute atomic E-state index is 12.9. The minimum Gasteiger partial charge on any atom is -0.334 e. The van der Waals surface area contributed by atoms with Gasteiger partial charge in [-0.05, 0) is 44.2 Å². The Kier molecular flexibility index (Phi) is 3.79. The number of aryl methyl sites for hydroxylation is 1. The molecule has 1 aliphatic heterocycles. The molecule has 5 heteroatoms. The van der Waals surface area contributed by atoms with Crippen LogP contribution < -0.4 is 5.56 Å². The van der Waals surface area contributed by atoms with Gasteiger partial charge in [0.2, 0.25) is 0 Å². The molecule has 1 aromatic carbocycles. The molecular weight excluding hydrogens is 302 g/mol. The van der Waals surface area contributed by atoms with Gasteiger partial charge in [0.25, 0.3) is 11.5 Å². The number of aromatic amines is 1.